The fourth-order valence-electron chi connectivity index (χ4n) is 2.05. The third kappa shape index (κ3) is 3.51. The molecule has 0 saturated carbocycles. The maximum atomic E-state index is 2.29. The minimum atomic E-state index is 0. The fourth-order valence-corrected chi connectivity index (χ4v) is 3.38. The molecule has 1 rings (SSSR count). The molecule has 0 aromatic heterocycles. The molecule has 14 heavy (non-hydrogen) atoms. The van der Waals surface area contributed by atoms with Gasteiger partial charge in [0, 0.05) is 0 Å². The van der Waals surface area contributed by atoms with Gasteiger partial charge >= 0.3 is 91.2 Å². The maximum Gasteiger partial charge on any atom is -0.147 e. The van der Waals surface area contributed by atoms with Crippen molar-refractivity contribution in [2.24, 2.45) is 0 Å². The van der Waals surface area contributed by atoms with E-state index in [1.165, 1.54) is 25.7 Å². The standard InChI is InChI=1S/C11H17.2ClH.Zr/c1-4-9-7-8-10(5-2)11(9)6-3;;;/h4-7H2,1-3H3;2*1H;. The van der Waals surface area contributed by atoms with Crippen molar-refractivity contribution in [2.45, 2.75) is 46.5 Å². The number of rotatable bonds is 3. The molecular formula is C11H19Cl2Zr. The Labute approximate surface area is 115 Å². The summed E-state index contributed by atoms with van der Waals surface area (Å²) in [7, 11) is 0. The molecule has 81 valence electrons. The van der Waals surface area contributed by atoms with Crippen molar-refractivity contribution in [3.8, 4) is 0 Å². The molecule has 0 spiro atoms. The van der Waals surface area contributed by atoms with Crippen molar-refractivity contribution in [1.82, 2.24) is 0 Å². The molecule has 3 heteroatoms. The Morgan fingerprint density at radius 2 is 1.43 bits per heavy atom. The van der Waals surface area contributed by atoms with E-state index >= 15 is 0 Å². The smallest absolute Gasteiger partial charge is 0.147 e. The van der Waals surface area contributed by atoms with Gasteiger partial charge in [-0.05, 0) is 0 Å². The Balaban J connectivity index is 0. The third-order valence-electron chi connectivity index (χ3n) is 2.68. The predicted molar refractivity (Wildman–Crippen MR) is 64.0 cm³/mol. The number of hydrogen-bond donors (Lipinski definition) is 0. The van der Waals surface area contributed by atoms with Crippen LogP contribution in [0.25, 0.3) is 0 Å². The zero-order chi connectivity index (χ0) is 9.14. The summed E-state index contributed by atoms with van der Waals surface area (Å²) in [6.07, 6.45) is 5.03. The van der Waals surface area contributed by atoms with Crippen LogP contribution in [0.15, 0.2) is 20.0 Å². The van der Waals surface area contributed by atoms with Crippen LogP contribution >= 0.6 is 24.8 Å². The van der Waals surface area contributed by atoms with E-state index in [4.69, 9.17) is 0 Å². The van der Waals surface area contributed by atoms with Gasteiger partial charge in [-0.15, -0.1) is 24.8 Å². The summed E-state index contributed by atoms with van der Waals surface area (Å²) in [5, 5.41) is 0. The summed E-state index contributed by atoms with van der Waals surface area (Å²) in [6, 6.07) is 0. The molecule has 0 nitrogen and oxygen atoms in total. The molecule has 0 heterocycles. The van der Waals surface area contributed by atoms with Crippen LogP contribution in [0, 0.1) is 0 Å². The van der Waals surface area contributed by atoms with Crippen LogP contribution in [0.2, 0.25) is 0 Å². The molecule has 0 unspecified atom stereocenters. The van der Waals surface area contributed by atoms with Gasteiger partial charge in [-0.2, -0.15) is 0 Å². The molecule has 1 aliphatic rings. The van der Waals surface area contributed by atoms with Crippen LogP contribution in [0.4, 0.5) is 0 Å². The second-order valence-electron chi connectivity index (χ2n) is 3.28. The summed E-state index contributed by atoms with van der Waals surface area (Å²) in [5.74, 6) is 0. The van der Waals surface area contributed by atoms with Gasteiger partial charge in [-0.1, -0.05) is 0 Å². The first-order chi connectivity index (χ1) is 5.74. The fraction of sp³-hybridized carbons (Fsp3) is 0.636. The Bertz CT molecular complexity index is 242. The SMILES string of the molecule is CCC1=C(CC)C(CC)=[C]([Zr])C1.Cl.Cl. The molecule has 0 fully saturated rings. The van der Waals surface area contributed by atoms with E-state index < -0.39 is 0 Å². The minimum Gasteiger partial charge on any atom is -0.147 e. The number of allylic oxidation sites excluding steroid dienone is 4. The third-order valence-corrected chi connectivity index (χ3v) is 3.86. The van der Waals surface area contributed by atoms with Gasteiger partial charge in [0.25, 0.3) is 0 Å². The molecule has 0 aromatic carbocycles. The Morgan fingerprint density at radius 3 is 1.79 bits per heavy atom. The quantitative estimate of drug-likeness (QED) is 0.716. The van der Waals surface area contributed by atoms with Crippen molar-refractivity contribution in [1.29, 1.82) is 0 Å². The van der Waals surface area contributed by atoms with Crippen molar-refractivity contribution in [3.63, 3.8) is 0 Å². The number of halogens is 2. The second-order valence-corrected chi connectivity index (χ2v) is 4.76. The predicted octanol–water partition coefficient (Wildman–Crippen LogP) is 4.56. The molecule has 0 atom stereocenters. The summed E-state index contributed by atoms with van der Waals surface area (Å²) >= 11 is 1.63. The summed E-state index contributed by atoms with van der Waals surface area (Å²) in [6.45, 7) is 6.86. The van der Waals surface area contributed by atoms with Crippen molar-refractivity contribution in [3.05, 3.63) is 20.0 Å². The topological polar surface area (TPSA) is 0 Å². The van der Waals surface area contributed by atoms with Gasteiger partial charge in [-0.3, -0.25) is 0 Å². The van der Waals surface area contributed by atoms with Crippen molar-refractivity contribution < 1.29 is 24.7 Å². The van der Waals surface area contributed by atoms with E-state index in [1.54, 1.807) is 44.7 Å². The zero-order valence-electron chi connectivity index (χ0n) is 9.14. The van der Waals surface area contributed by atoms with Crippen molar-refractivity contribution in [2.75, 3.05) is 0 Å². The summed E-state index contributed by atoms with van der Waals surface area (Å²) in [4.78, 5) is 0. The van der Waals surface area contributed by atoms with E-state index in [-0.39, 0.29) is 24.8 Å². The van der Waals surface area contributed by atoms with Gasteiger partial charge < -0.3 is 0 Å². The molecular weight excluding hydrogens is 294 g/mol. The van der Waals surface area contributed by atoms with Gasteiger partial charge in [0.15, 0.2) is 0 Å². The first kappa shape index (κ1) is 17.3. The van der Waals surface area contributed by atoms with Crippen molar-refractivity contribution >= 4 is 24.8 Å². The van der Waals surface area contributed by atoms with Crippen LogP contribution in [0.3, 0.4) is 0 Å². The van der Waals surface area contributed by atoms with Crippen LogP contribution in [-0.2, 0) is 24.7 Å². The molecule has 1 aliphatic carbocycles. The average molecular weight is 313 g/mol. The zero-order valence-corrected chi connectivity index (χ0v) is 13.2. The Hall–Kier alpha value is 0.943. The first-order valence-electron chi connectivity index (χ1n) is 4.89. The minimum absolute atomic E-state index is 0. The molecule has 0 bridgehead atoms. The van der Waals surface area contributed by atoms with Gasteiger partial charge in [-0.25, -0.2) is 0 Å². The van der Waals surface area contributed by atoms with Gasteiger partial charge in [0.05, 0.1) is 0 Å². The van der Waals surface area contributed by atoms with E-state index in [2.05, 4.69) is 20.8 Å². The second kappa shape index (κ2) is 8.14. The van der Waals surface area contributed by atoms with E-state index in [1.807, 2.05) is 0 Å². The first-order valence-corrected chi connectivity index (χ1v) is 6.12. The molecule has 0 aromatic rings. The summed E-state index contributed by atoms with van der Waals surface area (Å²) in [5.41, 5.74) is 5.08. The van der Waals surface area contributed by atoms with E-state index in [0.717, 1.165) is 0 Å². The maximum absolute atomic E-state index is 2.29. The largest absolute Gasteiger partial charge is 0.147 e. The molecule has 0 radical (unpaired) electrons. The van der Waals surface area contributed by atoms with Crippen LogP contribution < -0.4 is 0 Å². The normalized spacial score (nSPS) is 15.3. The van der Waals surface area contributed by atoms with Gasteiger partial charge in [0.1, 0.15) is 0 Å². The number of hydrogen-bond acceptors (Lipinski definition) is 0. The van der Waals surface area contributed by atoms with E-state index in [9.17, 15) is 0 Å². The van der Waals surface area contributed by atoms with Gasteiger partial charge in [0.2, 0.25) is 0 Å². The molecule has 0 N–H and O–H groups in total. The summed E-state index contributed by atoms with van der Waals surface area (Å²) < 4.78 is 1.71. The molecule has 0 amide bonds. The van der Waals surface area contributed by atoms with Crippen LogP contribution in [0.1, 0.15) is 46.5 Å². The Kier molecular flexibility index (Phi) is 10.1. The van der Waals surface area contributed by atoms with Crippen LogP contribution in [-0.4, -0.2) is 0 Å². The molecule has 0 saturated heterocycles. The molecule has 0 aliphatic heterocycles. The van der Waals surface area contributed by atoms with E-state index in [0.29, 0.717) is 0 Å². The average Bonchev–Trinajstić information content (AvgIpc) is 2.40. The monoisotopic (exact) mass is 311 g/mol. The van der Waals surface area contributed by atoms with Crippen LogP contribution in [0.5, 0.6) is 0 Å². The Morgan fingerprint density at radius 1 is 0.929 bits per heavy atom.